The summed E-state index contributed by atoms with van der Waals surface area (Å²) >= 11 is 0. The average molecular weight is 268 g/mol. The number of rotatable bonds is 10. The molecule has 0 bridgehead atoms. The first-order chi connectivity index (χ1) is 7.77. The predicted molar refractivity (Wildman–Crippen MR) is 65.6 cm³/mol. The van der Waals surface area contributed by atoms with Gasteiger partial charge in [-0.15, -0.1) is 6.58 Å². The minimum absolute atomic E-state index is 0.0198. The summed E-state index contributed by atoms with van der Waals surface area (Å²) in [4.78, 5) is 9.30. The van der Waals surface area contributed by atoms with E-state index in [9.17, 15) is 9.46 Å². The molecule has 0 amide bonds. The Labute approximate surface area is 103 Å². The van der Waals surface area contributed by atoms with Gasteiger partial charge in [-0.3, -0.25) is 9.05 Å². The second-order valence-electron chi connectivity index (χ2n) is 4.51. The van der Waals surface area contributed by atoms with E-state index in [4.69, 9.17) is 13.8 Å². The fourth-order valence-corrected chi connectivity index (χ4v) is 1.54. The van der Waals surface area contributed by atoms with Gasteiger partial charge in [0.05, 0.1) is 41.0 Å². The van der Waals surface area contributed by atoms with Crippen LogP contribution >= 0.6 is 7.82 Å². The molecular weight excluding hydrogens is 245 g/mol. The van der Waals surface area contributed by atoms with Crippen molar-refractivity contribution in [2.75, 3.05) is 54.1 Å². The van der Waals surface area contributed by atoms with Gasteiger partial charge in [0, 0.05) is 0 Å². The largest absolute Gasteiger partial charge is 0.472 e. The van der Waals surface area contributed by atoms with Gasteiger partial charge in [-0.05, 0) is 0 Å². The van der Waals surface area contributed by atoms with E-state index < -0.39 is 7.82 Å². The highest BCUT2D eigenvalue weighted by Gasteiger charge is 2.21. The Morgan fingerprint density at radius 3 is 2.35 bits per heavy atom. The molecule has 0 aromatic rings. The minimum Gasteiger partial charge on any atom is -0.375 e. The first kappa shape index (κ1) is 16.8. The number of hydrogen-bond donors (Lipinski definition) is 1. The van der Waals surface area contributed by atoms with Crippen molar-refractivity contribution in [1.29, 1.82) is 0 Å². The lowest BCUT2D eigenvalue weighted by Gasteiger charge is -2.23. The molecule has 1 atom stereocenters. The Balaban J connectivity index is 3.66. The van der Waals surface area contributed by atoms with Crippen molar-refractivity contribution in [2.45, 2.75) is 0 Å². The molecule has 1 N–H and O–H groups in total. The zero-order valence-corrected chi connectivity index (χ0v) is 11.7. The molecule has 0 aliphatic carbocycles. The molecule has 7 heteroatoms. The maximum absolute atomic E-state index is 11.4. The third-order valence-electron chi connectivity index (χ3n) is 1.73. The van der Waals surface area contributed by atoms with Crippen LogP contribution in [-0.2, 0) is 18.3 Å². The highest BCUT2D eigenvalue weighted by Crippen LogP contribution is 2.42. The molecular formula is C10H23NO5P+. The number of phosphoric ester groups is 1. The summed E-state index contributed by atoms with van der Waals surface area (Å²) in [5.74, 6) is 0. The lowest BCUT2D eigenvalue weighted by molar-refractivity contribution is -0.870. The fourth-order valence-electron chi connectivity index (χ4n) is 0.846. The van der Waals surface area contributed by atoms with Gasteiger partial charge in [-0.25, -0.2) is 4.57 Å². The van der Waals surface area contributed by atoms with Crippen LogP contribution in [-0.4, -0.2) is 63.5 Å². The number of phosphoric acid groups is 1. The Morgan fingerprint density at radius 2 is 1.82 bits per heavy atom. The van der Waals surface area contributed by atoms with Crippen molar-refractivity contribution in [2.24, 2.45) is 0 Å². The van der Waals surface area contributed by atoms with Crippen LogP contribution in [0.4, 0.5) is 0 Å². The fraction of sp³-hybridized carbons (Fsp3) is 0.800. The smallest absolute Gasteiger partial charge is 0.375 e. The Kier molecular flexibility index (Phi) is 7.87. The summed E-state index contributed by atoms with van der Waals surface area (Å²) in [7, 11) is 1.96. The maximum Gasteiger partial charge on any atom is 0.472 e. The van der Waals surface area contributed by atoms with Crippen LogP contribution in [0.3, 0.4) is 0 Å². The van der Waals surface area contributed by atoms with Crippen LogP contribution in [0.25, 0.3) is 0 Å². The molecule has 0 radical (unpaired) electrons. The van der Waals surface area contributed by atoms with E-state index in [-0.39, 0.29) is 19.8 Å². The van der Waals surface area contributed by atoms with Crippen molar-refractivity contribution >= 4 is 7.82 Å². The first-order valence-corrected chi connectivity index (χ1v) is 6.87. The Morgan fingerprint density at radius 1 is 1.24 bits per heavy atom. The standard InChI is InChI=1S/C10H22NO5P/c1-5-7-14-9-10-16-17(12,13)15-8-6-11(2,3)4/h5H,1,6-10H2,2-4H3/p+1. The van der Waals surface area contributed by atoms with Crippen molar-refractivity contribution in [3.8, 4) is 0 Å². The van der Waals surface area contributed by atoms with Crippen molar-refractivity contribution in [3.63, 3.8) is 0 Å². The molecule has 17 heavy (non-hydrogen) atoms. The number of likely N-dealkylation sites (N-methyl/N-ethyl adjacent to an activating group) is 1. The third-order valence-corrected chi connectivity index (χ3v) is 2.75. The van der Waals surface area contributed by atoms with Crippen LogP contribution in [0.5, 0.6) is 0 Å². The highest BCUT2D eigenvalue weighted by atomic mass is 31.2. The number of nitrogens with zero attached hydrogens (tertiary/aromatic N) is 1. The molecule has 0 aromatic carbocycles. The molecule has 1 unspecified atom stereocenters. The molecule has 6 nitrogen and oxygen atoms in total. The van der Waals surface area contributed by atoms with Crippen molar-refractivity contribution < 1.29 is 27.7 Å². The molecule has 0 rings (SSSR count). The van der Waals surface area contributed by atoms with E-state index >= 15 is 0 Å². The maximum atomic E-state index is 11.4. The van der Waals surface area contributed by atoms with E-state index in [1.54, 1.807) is 6.08 Å². The van der Waals surface area contributed by atoms with Gasteiger partial charge in [-0.2, -0.15) is 0 Å². The number of hydrogen-bond acceptors (Lipinski definition) is 4. The molecule has 0 fully saturated rings. The van der Waals surface area contributed by atoms with Crippen LogP contribution in [0, 0.1) is 0 Å². The van der Waals surface area contributed by atoms with Gasteiger partial charge in [-0.1, -0.05) is 6.08 Å². The summed E-state index contributed by atoms with van der Waals surface area (Å²) in [6, 6.07) is 0. The third kappa shape index (κ3) is 12.0. The van der Waals surface area contributed by atoms with E-state index in [1.165, 1.54) is 0 Å². The van der Waals surface area contributed by atoms with Crippen LogP contribution in [0.15, 0.2) is 12.7 Å². The molecule has 0 heterocycles. The molecule has 0 saturated heterocycles. The zero-order valence-electron chi connectivity index (χ0n) is 10.8. The average Bonchev–Trinajstić information content (AvgIpc) is 2.14. The van der Waals surface area contributed by atoms with E-state index in [0.29, 0.717) is 17.6 Å². The van der Waals surface area contributed by atoms with Gasteiger partial charge < -0.3 is 14.1 Å². The number of ether oxygens (including phenoxy) is 1. The Hall–Kier alpha value is -0.230. The molecule has 0 aliphatic heterocycles. The zero-order chi connectivity index (χ0) is 13.4. The van der Waals surface area contributed by atoms with Gasteiger partial charge in [0.1, 0.15) is 13.2 Å². The lowest BCUT2D eigenvalue weighted by Crippen LogP contribution is -2.37. The normalized spacial score (nSPS) is 15.5. The van der Waals surface area contributed by atoms with Gasteiger partial charge in [0.2, 0.25) is 0 Å². The minimum atomic E-state index is -3.94. The summed E-state index contributed by atoms with van der Waals surface area (Å²) < 4.78 is 26.5. The second-order valence-corrected chi connectivity index (χ2v) is 5.97. The summed E-state index contributed by atoms with van der Waals surface area (Å²) in [5, 5.41) is 0. The SMILES string of the molecule is C=CCOCCOP(=O)(O)OCC[N+](C)(C)C. The summed E-state index contributed by atoms with van der Waals surface area (Å²) in [5.41, 5.74) is 0. The van der Waals surface area contributed by atoms with Crippen molar-refractivity contribution in [1.82, 2.24) is 0 Å². The van der Waals surface area contributed by atoms with Crippen molar-refractivity contribution in [3.05, 3.63) is 12.7 Å². The second kappa shape index (κ2) is 7.97. The molecule has 0 saturated carbocycles. The molecule has 102 valence electrons. The van der Waals surface area contributed by atoms with Gasteiger partial charge in [0.15, 0.2) is 0 Å². The van der Waals surface area contributed by atoms with Crippen LogP contribution in [0.1, 0.15) is 0 Å². The van der Waals surface area contributed by atoms with E-state index in [1.807, 2.05) is 21.1 Å². The monoisotopic (exact) mass is 268 g/mol. The first-order valence-electron chi connectivity index (χ1n) is 5.38. The summed E-state index contributed by atoms with van der Waals surface area (Å²) in [6.07, 6.45) is 1.59. The van der Waals surface area contributed by atoms with Gasteiger partial charge in [0.25, 0.3) is 0 Å². The lowest BCUT2D eigenvalue weighted by atomic mass is 10.5. The van der Waals surface area contributed by atoms with Crippen LogP contribution < -0.4 is 0 Å². The Bertz CT molecular complexity index is 264. The van der Waals surface area contributed by atoms with Gasteiger partial charge >= 0.3 is 7.82 Å². The number of quaternary nitrogens is 1. The highest BCUT2D eigenvalue weighted by molar-refractivity contribution is 7.47. The molecule has 0 aliphatic rings. The topological polar surface area (TPSA) is 65.0 Å². The van der Waals surface area contributed by atoms with Crippen LogP contribution in [0.2, 0.25) is 0 Å². The molecule has 0 aromatic heterocycles. The van der Waals surface area contributed by atoms with E-state index in [0.717, 1.165) is 0 Å². The predicted octanol–water partition coefficient (Wildman–Crippen LogP) is 1.03. The molecule has 0 spiro atoms. The quantitative estimate of drug-likeness (QED) is 0.277. The summed E-state index contributed by atoms with van der Waals surface area (Å²) in [6.45, 7) is 4.91. The van der Waals surface area contributed by atoms with E-state index in [2.05, 4.69) is 6.58 Å².